The number of ether oxygens (including phenoxy) is 1. The van der Waals surface area contributed by atoms with Gasteiger partial charge in [0.2, 0.25) is 11.8 Å². The molecule has 0 atom stereocenters. The second-order valence-corrected chi connectivity index (χ2v) is 8.21. The van der Waals surface area contributed by atoms with E-state index >= 15 is 0 Å². The number of rotatable bonds is 3. The summed E-state index contributed by atoms with van der Waals surface area (Å²) in [5, 5.41) is 9.18. The van der Waals surface area contributed by atoms with E-state index in [0.29, 0.717) is 60.1 Å². The highest BCUT2D eigenvalue weighted by Crippen LogP contribution is 2.29. The van der Waals surface area contributed by atoms with Crippen LogP contribution in [0.5, 0.6) is 0 Å². The monoisotopic (exact) mass is 412 g/mol. The molecule has 0 aliphatic carbocycles. The van der Waals surface area contributed by atoms with Crippen molar-refractivity contribution in [2.24, 2.45) is 0 Å². The Balaban J connectivity index is 1.56. The van der Waals surface area contributed by atoms with Gasteiger partial charge in [0, 0.05) is 31.2 Å². The molecule has 2 aromatic rings. The van der Waals surface area contributed by atoms with Crippen molar-refractivity contribution in [1.82, 2.24) is 20.0 Å². The minimum Gasteiger partial charge on any atom is -0.444 e. The lowest BCUT2D eigenvalue weighted by Crippen LogP contribution is -2.49. The molecular weight excluding hydrogens is 391 g/mol. The number of carbonyl (C=O) groups excluding carboxylic acids is 1. The van der Waals surface area contributed by atoms with E-state index in [2.05, 4.69) is 15.1 Å². The Kier molecular flexibility index (Phi) is 5.93. The number of amides is 1. The quantitative estimate of drug-likeness (QED) is 0.755. The van der Waals surface area contributed by atoms with Gasteiger partial charge in [0.05, 0.1) is 17.1 Å². The normalized spacial score (nSPS) is 15.8. The van der Waals surface area contributed by atoms with E-state index in [1.54, 1.807) is 23.1 Å². The number of aromatic nitrogens is 2. The van der Waals surface area contributed by atoms with E-state index < -0.39 is 5.60 Å². The zero-order valence-corrected chi connectivity index (χ0v) is 17.0. The fraction of sp³-hybridized carbons (Fsp3) is 0.500. The van der Waals surface area contributed by atoms with E-state index in [4.69, 9.17) is 32.4 Å². The zero-order valence-electron chi connectivity index (χ0n) is 15.5. The molecule has 1 aromatic carbocycles. The van der Waals surface area contributed by atoms with Crippen LogP contribution in [0.25, 0.3) is 11.5 Å². The van der Waals surface area contributed by atoms with Crippen LogP contribution >= 0.6 is 23.2 Å². The average Bonchev–Trinajstić information content (AvgIpc) is 3.02. The zero-order chi connectivity index (χ0) is 19.6. The number of carbonyl (C=O) groups is 1. The van der Waals surface area contributed by atoms with Gasteiger partial charge in [0.1, 0.15) is 5.60 Å². The lowest BCUT2D eigenvalue weighted by Gasteiger charge is -2.34. The number of hydrogen-bond donors (Lipinski definition) is 0. The van der Waals surface area contributed by atoms with E-state index in [0.717, 1.165) is 0 Å². The molecule has 0 N–H and O–H groups in total. The molecule has 1 fully saturated rings. The Hall–Kier alpha value is -1.83. The molecule has 0 bridgehead atoms. The summed E-state index contributed by atoms with van der Waals surface area (Å²) in [6, 6.07) is 5.11. The SMILES string of the molecule is CC(C)(C)OC(=O)N1CCN(Cc2nnc(-c3ccc(Cl)cc3Cl)o2)CC1. The molecular formula is C18H22Cl2N4O3. The van der Waals surface area contributed by atoms with Crippen molar-refractivity contribution in [1.29, 1.82) is 0 Å². The van der Waals surface area contributed by atoms with Gasteiger partial charge in [-0.25, -0.2) is 4.79 Å². The summed E-state index contributed by atoms with van der Waals surface area (Å²) >= 11 is 12.1. The highest BCUT2D eigenvalue weighted by Gasteiger charge is 2.26. The third kappa shape index (κ3) is 5.34. The largest absolute Gasteiger partial charge is 0.444 e. The molecule has 1 aromatic heterocycles. The Morgan fingerprint density at radius 3 is 2.52 bits per heavy atom. The Labute approximate surface area is 168 Å². The van der Waals surface area contributed by atoms with E-state index in [1.165, 1.54) is 0 Å². The molecule has 0 spiro atoms. The first-order valence-corrected chi connectivity index (χ1v) is 9.45. The first-order valence-electron chi connectivity index (χ1n) is 8.69. The minimum atomic E-state index is -0.489. The number of hydrogen-bond acceptors (Lipinski definition) is 6. The second-order valence-electron chi connectivity index (χ2n) is 7.37. The molecule has 146 valence electrons. The topological polar surface area (TPSA) is 71.7 Å². The van der Waals surface area contributed by atoms with Crippen LogP contribution in [0.2, 0.25) is 10.0 Å². The van der Waals surface area contributed by atoms with Crippen molar-refractivity contribution < 1.29 is 13.9 Å². The van der Waals surface area contributed by atoms with E-state index in [9.17, 15) is 4.79 Å². The lowest BCUT2D eigenvalue weighted by atomic mass is 10.2. The van der Waals surface area contributed by atoms with E-state index in [-0.39, 0.29) is 6.09 Å². The van der Waals surface area contributed by atoms with Gasteiger partial charge in [-0.3, -0.25) is 4.90 Å². The van der Waals surface area contributed by atoms with Crippen LogP contribution in [0.3, 0.4) is 0 Å². The van der Waals surface area contributed by atoms with Crippen molar-refractivity contribution in [3.63, 3.8) is 0 Å². The maximum Gasteiger partial charge on any atom is 0.410 e. The molecule has 0 saturated carbocycles. The molecule has 1 aliphatic heterocycles. The number of halogens is 2. The van der Waals surface area contributed by atoms with Gasteiger partial charge in [-0.05, 0) is 39.0 Å². The summed E-state index contributed by atoms with van der Waals surface area (Å²) in [6.07, 6.45) is -0.278. The van der Waals surface area contributed by atoms with Crippen LogP contribution < -0.4 is 0 Å². The van der Waals surface area contributed by atoms with Crippen molar-refractivity contribution in [3.05, 3.63) is 34.1 Å². The maximum atomic E-state index is 12.1. The Bertz CT molecular complexity index is 811. The molecule has 9 heteroatoms. The minimum absolute atomic E-state index is 0.278. The summed E-state index contributed by atoms with van der Waals surface area (Å²) in [6.45, 7) is 8.71. The van der Waals surface area contributed by atoms with Crippen molar-refractivity contribution in [2.45, 2.75) is 32.9 Å². The van der Waals surface area contributed by atoms with Gasteiger partial charge in [-0.2, -0.15) is 0 Å². The molecule has 2 heterocycles. The third-order valence-electron chi connectivity index (χ3n) is 4.01. The van der Waals surface area contributed by atoms with Crippen LogP contribution in [0.15, 0.2) is 22.6 Å². The van der Waals surface area contributed by atoms with E-state index in [1.807, 2.05) is 20.8 Å². The molecule has 1 aliphatic rings. The number of benzene rings is 1. The highest BCUT2D eigenvalue weighted by molar-refractivity contribution is 6.36. The lowest BCUT2D eigenvalue weighted by molar-refractivity contribution is 0.0133. The van der Waals surface area contributed by atoms with Crippen LogP contribution in [0, 0.1) is 0 Å². The van der Waals surface area contributed by atoms with Gasteiger partial charge in [0.15, 0.2) is 0 Å². The first kappa shape index (κ1) is 19.9. The summed E-state index contributed by atoms with van der Waals surface area (Å²) < 4.78 is 11.1. The smallest absolute Gasteiger partial charge is 0.410 e. The molecule has 1 amide bonds. The van der Waals surface area contributed by atoms with Crippen LogP contribution in [-0.4, -0.2) is 57.9 Å². The molecule has 3 rings (SSSR count). The Morgan fingerprint density at radius 1 is 1.19 bits per heavy atom. The van der Waals surface area contributed by atoms with Crippen molar-refractivity contribution in [3.8, 4) is 11.5 Å². The summed E-state index contributed by atoms with van der Waals surface area (Å²) in [7, 11) is 0. The first-order chi connectivity index (χ1) is 12.7. The Morgan fingerprint density at radius 2 is 1.89 bits per heavy atom. The third-order valence-corrected chi connectivity index (χ3v) is 4.56. The predicted molar refractivity (Wildman–Crippen MR) is 103 cm³/mol. The fourth-order valence-electron chi connectivity index (χ4n) is 2.70. The van der Waals surface area contributed by atoms with Crippen LogP contribution in [0.4, 0.5) is 4.79 Å². The van der Waals surface area contributed by atoms with Crippen LogP contribution in [0.1, 0.15) is 26.7 Å². The maximum absolute atomic E-state index is 12.1. The fourth-order valence-corrected chi connectivity index (χ4v) is 3.18. The van der Waals surface area contributed by atoms with Gasteiger partial charge in [-0.15, -0.1) is 10.2 Å². The average molecular weight is 413 g/mol. The van der Waals surface area contributed by atoms with Gasteiger partial charge >= 0.3 is 6.09 Å². The molecule has 0 radical (unpaired) electrons. The van der Waals surface area contributed by atoms with Gasteiger partial charge in [0.25, 0.3) is 0 Å². The van der Waals surface area contributed by atoms with Crippen LogP contribution in [-0.2, 0) is 11.3 Å². The van der Waals surface area contributed by atoms with Gasteiger partial charge in [-0.1, -0.05) is 23.2 Å². The molecule has 1 saturated heterocycles. The number of nitrogens with zero attached hydrogens (tertiary/aromatic N) is 4. The summed E-state index contributed by atoms with van der Waals surface area (Å²) in [5.74, 6) is 0.862. The summed E-state index contributed by atoms with van der Waals surface area (Å²) in [5.41, 5.74) is 0.159. The highest BCUT2D eigenvalue weighted by atomic mass is 35.5. The molecule has 27 heavy (non-hydrogen) atoms. The predicted octanol–water partition coefficient (Wildman–Crippen LogP) is 4.10. The second kappa shape index (κ2) is 8.04. The molecule has 0 unspecified atom stereocenters. The standard InChI is InChI=1S/C18H22Cl2N4O3/c1-18(2,3)27-17(25)24-8-6-23(7-9-24)11-15-21-22-16(26-15)13-5-4-12(19)10-14(13)20/h4-5,10H,6-9,11H2,1-3H3. The number of piperazine rings is 1. The van der Waals surface area contributed by atoms with Gasteiger partial charge < -0.3 is 14.1 Å². The van der Waals surface area contributed by atoms with Crippen molar-refractivity contribution >= 4 is 29.3 Å². The van der Waals surface area contributed by atoms with Crippen molar-refractivity contribution in [2.75, 3.05) is 26.2 Å². The summed E-state index contributed by atoms with van der Waals surface area (Å²) in [4.78, 5) is 16.0. The molecule has 7 nitrogen and oxygen atoms in total.